The summed E-state index contributed by atoms with van der Waals surface area (Å²) < 4.78 is 25.4. The molecular formula is C10H11BrF2N2S. The zero-order valence-electron chi connectivity index (χ0n) is 8.58. The molecule has 0 aliphatic heterocycles. The number of nitrogens with two attached hydrogens (primary N) is 1. The van der Waals surface area contributed by atoms with Crippen LogP contribution in [-0.2, 0) is 0 Å². The summed E-state index contributed by atoms with van der Waals surface area (Å²) in [5.41, 5.74) is 6.73. The second kappa shape index (κ2) is 5.54. The molecule has 0 radical (unpaired) electrons. The quantitative estimate of drug-likeness (QED) is 0.867. The number of hydrogen-bond acceptors (Lipinski definition) is 2. The molecule has 1 aromatic carbocycles. The highest BCUT2D eigenvalue weighted by molar-refractivity contribution is 9.10. The molecular weight excluding hydrogens is 298 g/mol. The number of rotatable bonds is 4. The van der Waals surface area contributed by atoms with Gasteiger partial charge < -0.3 is 10.6 Å². The van der Waals surface area contributed by atoms with Crippen LogP contribution in [0.25, 0.3) is 0 Å². The van der Waals surface area contributed by atoms with Gasteiger partial charge in [-0.2, -0.15) is 0 Å². The molecule has 0 heterocycles. The van der Waals surface area contributed by atoms with Crippen molar-refractivity contribution in [1.29, 1.82) is 0 Å². The Bertz CT molecular complexity index is 398. The lowest BCUT2D eigenvalue weighted by Gasteiger charge is -2.21. The van der Waals surface area contributed by atoms with Crippen molar-refractivity contribution in [2.75, 3.05) is 18.5 Å². The molecule has 1 rings (SSSR count). The van der Waals surface area contributed by atoms with Crippen LogP contribution in [0.4, 0.5) is 14.5 Å². The third kappa shape index (κ3) is 3.38. The highest BCUT2D eigenvalue weighted by atomic mass is 79.9. The number of nitrogens with zero attached hydrogens (tertiary/aromatic N) is 1. The molecule has 0 aliphatic carbocycles. The van der Waals surface area contributed by atoms with Gasteiger partial charge >= 0.3 is 0 Å². The van der Waals surface area contributed by atoms with E-state index in [-0.39, 0.29) is 11.5 Å². The Morgan fingerprint density at radius 3 is 2.69 bits per heavy atom. The average molecular weight is 309 g/mol. The number of hydrogen-bond donors (Lipinski definition) is 1. The lowest BCUT2D eigenvalue weighted by Crippen LogP contribution is -2.26. The van der Waals surface area contributed by atoms with Gasteiger partial charge in [-0.15, -0.1) is 0 Å². The molecule has 16 heavy (non-hydrogen) atoms. The SMILES string of the molecule is CN(CC(F)F)c1cc(Br)ccc1C(N)=S. The summed E-state index contributed by atoms with van der Waals surface area (Å²) in [7, 11) is 1.58. The number of anilines is 1. The van der Waals surface area contributed by atoms with Gasteiger partial charge in [0, 0.05) is 22.8 Å². The van der Waals surface area contributed by atoms with Crippen LogP contribution in [0.3, 0.4) is 0 Å². The second-order valence-electron chi connectivity index (χ2n) is 3.30. The summed E-state index contributed by atoms with van der Waals surface area (Å²) in [6, 6.07) is 5.20. The first kappa shape index (κ1) is 13.3. The molecule has 0 aromatic heterocycles. The van der Waals surface area contributed by atoms with Crippen LogP contribution in [0.1, 0.15) is 5.56 Å². The summed E-state index contributed by atoms with van der Waals surface area (Å²) in [5, 5.41) is 0. The maximum absolute atomic E-state index is 12.3. The van der Waals surface area contributed by atoms with Gasteiger partial charge in [0.1, 0.15) is 4.99 Å². The Hall–Kier alpha value is -0.750. The van der Waals surface area contributed by atoms with E-state index in [0.717, 1.165) is 4.47 Å². The summed E-state index contributed by atoms with van der Waals surface area (Å²) in [6.07, 6.45) is -2.40. The number of thiocarbonyl (C=S) groups is 1. The number of alkyl halides is 2. The third-order valence-corrected chi connectivity index (χ3v) is 2.76. The highest BCUT2D eigenvalue weighted by Gasteiger charge is 2.13. The van der Waals surface area contributed by atoms with Gasteiger partial charge in [0.2, 0.25) is 0 Å². The molecule has 0 aliphatic rings. The fourth-order valence-corrected chi connectivity index (χ4v) is 1.86. The predicted octanol–water partition coefficient (Wildman–Crippen LogP) is 2.78. The molecule has 0 saturated heterocycles. The Morgan fingerprint density at radius 1 is 1.56 bits per heavy atom. The Labute approximate surface area is 107 Å². The van der Waals surface area contributed by atoms with Gasteiger partial charge in [-0.1, -0.05) is 28.1 Å². The molecule has 0 fully saturated rings. The lowest BCUT2D eigenvalue weighted by atomic mass is 10.1. The summed E-state index contributed by atoms with van der Waals surface area (Å²) in [5.74, 6) is 0. The number of halogens is 3. The fourth-order valence-electron chi connectivity index (χ4n) is 1.33. The smallest absolute Gasteiger partial charge is 0.255 e. The van der Waals surface area contributed by atoms with Crippen LogP contribution in [-0.4, -0.2) is 25.0 Å². The highest BCUT2D eigenvalue weighted by Crippen LogP contribution is 2.24. The molecule has 1 aromatic rings. The van der Waals surface area contributed by atoms with Crippen molar-refractivity contribution in [1.82, 2.24) is 0 Å². The second-order valence-corrected chi connectivity index (χ2v) is 4.65. The van der Waals surface area contributed by atoms with Gasteiger partial charge in [-0.05, 0) is 18.2 Å². The minimum atomic E-state index is -2.40. The van der Waals surface area contributed by atoms with Crippen molar-refractivity contribution in [2.24, 2.45) is 5.73 Å². The fraction of sp³-hybridized carbons (Fsp3) is 0.300. The van der Waals surface area contributed by atoms with Gasteiger partial charge in [0.15, 0.2) is 0 Å². The Balaban J connectivity index is 3.09. The molecule has 2 nitrogen and oxygen atoms in total. The van der Waals surface area contributed by atoms with Crippen molar-refractivity contribution < 1.29 is 8.78 Å². The van der Waals surface area contributed by atoms with Gasteiger partial charge in [-0.3, -0.25) is 0 Å². The number of benzene rings is 1. The molecule has 0 spiro atoms. The predicted molar refractivity (Wildman–Crippen MR) is 69.3 cm³/mol. The standard InChI is InChI=1S/C10H11BrF2N2S/c1-15(5-9(12)13)8-4-6(11)2-3-7(8)10(14)16/h2-4,9H,5H2,1H3,(H2,14,16). The van der Waals surface area contributed by atoms with Crippen LogP contribution in [0.15, 0.2) is 22.7 Å². The average Bonchev–Trinajstić information content (AvgIpc) is 2.15. The van der Waals surface area contributed by atoms with Crippen molar-refractivity contribution in [3.63, 3.8) is 0 Å². The van der Waals surface area contributed by atoms with E-state index in [0.29, 0.717) is 11.3 Å². The maximum Gasteiger partial charge on any atom is 0.255 e. The molecule has 6 heteroatoms. The van der Waals surface area contributed by atoms with Crippen molar-refractivity contribution >= 4 is 38.8 Å². The molecule has 2 N–H and O–H groups in total. The normalized spacial score (nSPS) is 10.6. The van der Waals surface area contributed by atoms with E-state index in [1.54, 1.807) is 25.2 Å². The lowest BCUT2D eigenvalue weighted by molar-refractivity contribution is 0.156. The van der Waals surface area contributed by atoms with Crippen LogP contribution in [0.5, 0.6) is 0 Å². The Kier molecular flexibility index (Phi) is 4.61. The van der Waals surface area contributed by atoms with Gasteiger partial charge in [-0.25, -0.2) is 8.78 Å². The monoisotopic (exact) mass is 308 g/mol. The first-order valence-corrected chi connectivity index (χ1v) is 5.70. The summed E-state index contributed by atoms with van der Waals surface area (Å²) >= 11 is 8.16. The van der Waals surface area contributed by atoms with Crippen molar-refractivity contribution in [2.45, 2.75) is 6.43 Å². The first-order valence-electron chi connectivity index (χ1n) is 4.50. The molecule has 0 unspecified atom stereocenters. The molecule has 0 atom stereocenters. The minimum absolute atomic E-state index is 0.198. The summed E-state index contributed by atoms with van der Waals surface area (Å²) in [4.78, 5) is 1.63. The van der Waals surface area contributed by atoms with Crippen LogP contribution >= 0.6 is 28.1 Å². The van der Waals surface area contributed by atoms with Gasteiger partial charge in [0.05, 0.1) is 6.54 Å². The van der Waals surface area contributed by atoms with E-state index in [1.807, 2.05) is 0 Å². The molecule has 0 saturated carbocycles. The largest absolute Gasteiger partial charge is 0.389 e. The van der Waals surface area contributed by atoms with E-state index in [9.17, 15) is 8.78 Å². The van der Waals surface area contributed by atoms with E-state index in [2.05, 4.69) is 15.9 Å². The van der Waals surface area contributed by atoms with Crippen molar-refractivity contribution in [3.05, 3.63) is 28.2 Å². The van der Waals surface area contributed by atoms with Crippen LogP contribution in [0.2, 0.25) is 0 Å². The third-order valence-electron chi connectivity index (χ3n) is 2.05. The molecule has 88 valence electrons. The Morgan fingerprint density at radius 2 is 2.19 bits per heavy atom. The van der Waals surface area contributed by atoms with Gasteiger partial charge in [0.25, 0.3) is 6.43 Å². The zero-order chi connectivity index (χ0) is 12.3. The van der Waals surface area contributed by atoms with E-state index in [4.69, 9.17) is 18.0 Å². The summed E-state index contributed by atoms with van der Waals surface area (Å²) in [6.45, 7) is -0.355. The van der Waals surface area contributed by atoms with E-state index < -0.39 is 6.43 Å². The van der Waals surface area contributed by atoms with E-state index in [1.165, 1.54) is 4.90 Å². The topological polar surface area (TPSA) is 29.3 Å². The maximum atomic E-state index is 12.3. The molecule has 0 amide bonds. The zero-order valence-corrected chi connectivity index (χ0v) is 11.0. The van der Waals surface area contributed by atoms with Crippen LogP contribution in [0, 0.1) is 0 Å². The minimum Gasteiger partial charge on any atom is -0.389 e. The van der Waals surface area contributed by atoms with E-state index >= 15 is 0 Å². The van der Waals surface area contributed by atoms with Crippen LogP contribution < -0.4 is 10.6 Å². The van der Waals surface area contributed by atoms with Crippen molar-refractivity contribution in [3.8, 4) is 0 Å². The first-order chi connectivity index (χ1) is 7.41. The molecule has 0 bridgehead atoms.